The molecule has 2 N–H and O–H groups in total. The molecule has 2 heterocycles. The van der Waals surface area contributed by atoms with Crippen molar-refractivity contribution in [3.8, 4) is 5.75 Å². The molecule has 1 aliphatic carbocycles. The van der Waals surface area contributed by atoms with Crippen LogP contribution in [0.25, 0.3) is 0 Å². The lowest BCUT2D eigenvalue weighted by Gasteiger charge is -2.23. The predicted molar refractivity (Wildman–Crippen MR) is 86.0 cm³/mol. The molecule has 124 valence electrons. The first-order chi connectivity index (χ1) is 11.6. The summed E-state index contributed by atoms with van der Waals surface area (Å²) in [4.78, 5) is 28.1. The molecule has 2 amide bonds. The van der Waals surface area contributed by atoms with Gasteiger partial charge in [-0.25, -0.2) is 4.98 Å². The van der Waals surface area contributed by atoms with Gasteiger partial charge in [0.25, 0.3) is 11.8 Å². The van der Waals surface area contributed by atoms with Gasteiger partial charge in [-0.05, 0) is 43.9 Å². The summed E-state index contributed by atoms with van der Waals surface area (Å²) in [6.07, 6.45) is 4.03. The van der Waals surface area contributed by atoms with Crippen molar-refractivity contribution in [1.29, 1.82) is 0 Å². The van der Waals surface area contributed by atoms with E-state index < -0.39 is 6.10 Å². The topological polar surface area (TPSA) is 93.5 Å². The van der Waals surface area contributed by atoms with Crippen LogP contribution in [0.5, 0.6) is 5.75 Å². The van der Waals surface area contributed by atoms with Crippen LogP contribution in [-0.4, -0.2) is 22.9 Å². The standard InChI is InChI=1S/C17H17N3O4/c1-9-16(21)20-12-7-11(4-5-14(12)24-9)18-17(22)13-8-23-15(19-13)6-10-2-3-10/h4-5,7-10H,2-3,6H2,1H3,(H,18,22)(H,20,21)/t9-/m0/s1. The summed E-state index contributed by atoms with van der Waals surface area (Å²) >= 11 is 0. The van der Waals surface area contributed by atoms with E-state index in [4.69, 9.17) is 9.15 Å². The molecule has 24 heavy (non-hydrogen) atoms. The van der Waals surface area contributed by atoms with E-state index in [9.17, 15) is 9.59 Å². The number of hydrogen-bond donors (Lipinski definition) is 2. The molecule has 1 atom stereocenters. The van der Waals surface area contributed by atoms with Crippen LogP contribution >= 0.6 is 0 Å². The Labute approximate surface area is 138 Å². The lowest BCUT2D eigenvalue weighted by Crippen LogP contribution is -2.34. The molecule has 7 heteroatoms. The second-order valence-electron chi connectivity index (χ2n) is 6.19. The fraction of sp³-hybridized carbons (Fsp3) is 0.353. The maximum absolute atomic E-state index is 12.3. The fourth-order valence-electron chi connectivity index (χ4n) is 2.56. The minimum atomic E-state index is -0.530. The number of rotatable bonds is 4. The SMILES string of the molecule is C[C@@H]1Oc2ccc(NC(=O)c3coc(CC4CC4)n3)cc2NC1=O. The second kappa shape index (κ2) is 5.67. The van der Waals surface area contributed by atoms with Crippen molar-refractivity contribution in [3.05, 3.63) is 36.0 Å². The maximum atomic E-state index is 12.3. The quantitative estimate of drug-likeness (QED) is 0.900. The lowest BCUT2D eigenvalue weighted by atomic mass is 10.2. The molecule has 4 rings (SSSR count). The molecule has 1 aromatic heterocycles. The van der Waals surface area contributed by atoms with Gasteiger partial charge < -0.3 is 19.8 Å². The Morgan fingerprint density at radius 2 is 2.25 bits per heavy atom. The van der Waals surface area contributed by atoms with Gasteiger partial charge >= 0.3 is 0 Å². The second-order valence-corrected chi connectivity index (χ2v) is 6.19. The number of benzene rings is 1. The Kier molecular flexibility index (Phi) is 3.48. The molecular weight excluding hydrogens is 310 g/mol. The number of nitrogens with one attached hydrogen (secondary N) is 2. The summed E-state index contributed by atoms with van der Waals surface area (Å²) in [5, 5.41) is 5.49. The first-order valence-corrected chi connectivity index (χ1v) is 7.96. The van der Waals surface area contributed by atoms with Crippen LogP contribution in [0, 0.1) is 5.92 Å². The maximum Gasteiger partial charge on any atom is 0.277 e. The van der Waals surface area contributed by atoms with Gasteiger partial charge in [0, 0.05) is 12.1 Å². The van der Waals surface area contributed by atoms with Gasteiger partial charge in [0.2, 0.25) is 0 Å². The van der Waals surface area contributed by atoms with Gasteiger partial charge in [-0.3, -0.25) is 9.59 Å². The monoisotopic (exact) mass is 327 g/mol. The van der Waals surface area contributed by atoms with Gasteiger partial charge in [-0.15, -0.1) is 0 Å². The zero-order chi connectivity index (χ0) is 16.7. The number of anilines is 2. The van der Waals surface area contributed by atoms with Gasteiger partial charge in [-0.2, -0.15) is 0 Å². The van der Waals surface area contributed by atoms with Crippen LogP contribution < -0.4 is 15.4 Å². The summed E-state index contributed by atoms with van der Waals surface area (Å²) in [7, 11) is 0. The number of fused-ring (bicyclic) bond motifs is 1. The van der Waals surface area contributed by atoms with Crippen LogP contribution in [0.15, 0.2) is 28.9 Å². The molecule has 2 aliphatic rings. The zero-order valence-electron chi connectivity index (χ0n) is 13.2. The number of carbonyl (C=O) groups excluding carboxylic acids is 2. The molecule has 0 saturated heterocycles. The summed E-state index contributed by atoms with van der Waals surface area (Å²) in [6, 6.07) is 5.08. The Morgan fingerprint density at radius 1 is 1.42 bits per heavy atom. The zero-order valence-corrected chi connectivity index (χ0v) is 13.2. The Morgan fingerprint density at radius 3 is 3.04 bits per heavy atom. The van der Waals surface area contributed by atoms with E-state index in [1.54, 1.807) is 25.1 Å². The van der Waals surface area contributed by atoms with Crippen molar-refractivity contribution in [2.24, 2.45) is 5.92 Å². The number of amides is 2. The molecule has 0 unspecified atom stereocenters. The average Bonchev–Trinajstić information content (AvgIpc) is 3.23. The molecule has 1 fully saturated rings. The van der Waals surface area contributed by atoms with Crippen LogP contribution in [0.2, 0.25) is 0 Å². The van der Waals surface area contributed by atoms with Crippen LogP contribution in [0.1, 0.15) is 36.1 Å². The van der Waals surface area contributed by atoms with Crippen molar-refractivity contribution in [2.75, 3.05) is 10.6 Å². The van der Waals surface area contributed by atoms with Crippen LogP contribution in [0.4, 0.5) is 11.4 Å². The molecule has 0 spiro atoms. The Balaban J connectivity index is 1.46. The number of aromatic nitrogens is 1. The largest absolute Gasteiger partial charge is 0.479 e. The molecular formula is C17H17N3O4. The van der Waals surface area contributed by atoms with Crippen molar-refractivity contribution < 1.29 is 18.7 Å². The highest BCUT2D eigenvalue weighted by Crippen LogP contribution is 2.33. The van der Waals surface area contributed by atoms with Crippen LogP contribution in [-0.2, 0) is 11.2 Å². The molecule has 1 aromatic carbocycles. The van der Waals surface area contributed by atoms with Crippen molar-refractivity contribution >= 4 is 23.2 Å². The summed E-state index contributed by atoms with van der Waals surface area (Å²) in [5.41, 5.74) is 1.33. The number of ether oxygens (including phenoxy) is 1. The predicted octanol–water partition coefficient (Wildman–Crippen LogP) is 2.60. The van der Waals surface area contributed by atoms with Crippen molar-refractivity contribution in [1.82, 2.24) is 4.98 Å². The molecule has 7 nitrogen and oxygen atoms in total. The van der Waals surface area contributed by atoms with Gasteiger partial charge in [0.05, 0.1) is 5.69 Å². The summed E-state index contributed by atoms with van der Waals surface area (Å²) < 4.78 is 10.8. The fourth-order valence-corrected chi connectivity index (χ4v) is 2.56. The van der Waals surface area contributed by atoms with E-state index in [-0.39, 0.29) is 17.5 Å². The van der Waals surface area contributed by atoms with E-state index in [2.05, 4.69) is 15.6 Å². The van der Waals surface area contributed by atoms with Crippen LogP contribution in [0.3, 0.4) is 0 Å². The Bertz CT molecular complexity index is 810. The van der Waals surface area contributed by atoms with Crippen molar-refractivity contribution in [3.63, 3.8) is 0 Å². The number of nitrogens with zero attached hydrogens (tertiary/aromatic N) is 1. The number of carbonyl (C=O) groups is 2. The van der Waals surface area contributed by atoms with E-state index >= 15 is 0 Å². The smallest absolute Gasteiger partial charge is 0.277 e. The molecule has 2 aromatic rings. The summed E-state index contributed by atoms with van der Waals surface area (Å²) in [5.74, 6) is 1.26. The third-order valence-electron chi connectivity index (χ3n) is 4.11. The van der Waals surface area contributed by atoms with E-state index in [1.165, 1.54) is 19.1 Å². The first kappa shape index (κ1) is 14.7. The first-order valence-electron chi connectivity index (χ1n) is 7.96. The highest BCUT2D eigenvalue weighted by atomic mass is 16.5. The normalized spacial score (nSPS) is 19.2. The van der Waals surface area contributed by atoms with Gasteiger partial charge in [-0.1, -0.05) is 0 Å². The van der Waals surface area contributed by atoms with E-state index in [0.717, 1.165) is 6.42 Å². The Hall–Kier alpha value is -2.83. The van der Waals surface area contributed by atoms with Gasteiger partial charge in [0.15, 0.2) is 17.7 Å². The number of hydrogen-bond acceptors (Lipinski definition) is 5. The van der Waals surface area contributed by atoms with E-state index in [1.807, 2.05) is 0 Å². The molecule has 0 radical (unpaired) electrons. The molecule has 1 saturated carbocycles. The third-order valence-corrected chi connectivity index (χ3v) is 4.11. The van der Waals surface area contributed by atoms with Gasteiger partial charge in [0.1, 0.15) is 12.0 Å². The highest BCUT2D eigenvalue weighted by Gasteiger charge is 2.25. The molecule has 1 aliphatic heterocycles. The average molecular weight is 327 g/mol. The third kappa shape index (κ3) is 2.97. The summed E-state index contributed by atoms with van der Waals surface area (Å²) in [6.45, 7) is 1.68. The lowest BCUT2D eigenvalue weighted by molar-refractivity contribution is -0.122. The van der Waals surface area contributed by atoms with Crippen molar-refractivity contribution in [2.45, 2.75) is 32.3 Å². The highest BCUT2D eigenvalue weighted by molar-refractivity contribution is 6.04. The van der Waals surface area contributed by atoms with E-state index in [0.29, 0.717) is 28.9 Å². The number of oxazole rings is 1. The minimum absolute atomic E-state index is 0.216. The molecule has 0 bridgehead atoms. The minimum Gasteiger partial charge on any atom is -0.479 e.